The molecule has 0 aliphatic carbocycles. The highest BCUT2D eigenvalue weighted by molar-refractivity contribution is 7.20. The maximum absolute atomic E-state index is 12.7. The summed E-state index contributed by atoms with van der Waals surface area (Å²) in [5, 5.41) is 8.07. The van der Waals surface area contributed by atoms with Crippen LogP contribution in [-0.4, -0.2) is 25.1 Å². The van der Waals surface area contributed by atoms with E-state index in [-0.39, 0.29) is 12.2 Å². The minimum atomic E-state index is -0.451. The molecule has 162 valence electrons. The molecule has 0 amide bonds. The first-order chi connectivity index (χ1) is 15.4. The maximum atomic E-state index is 12.7. The average Bonchev–Trinajstić information content (AvgIpc) is 3.44. The molecular weight excluding hydrogens is 468 g/mol. The zero-order chi connectivity index (χ0) is 22.4. The molecule has 0 atom stereocenters. The van der Waals surface area contributed by atoms with Crippen molar-refractivity contribution >= 4 is 55.4 Å². The lowest BCUT2D eigenvalue weighted by atomic mass is 10.2. The lowest BCUT2D eigenvalue weighted by molar-refractivity contribution is 0.0473. The van der Waals surface area contributed by atoms with Crippen LogP contribution in [0.15, 0.2) is 46.6 Å². The van der Waals surface area contributed by atoms with Gasteiger partial charge in [0.05, 0.1) is 17.9 Å². The summed E-state index contributed by atoms with van der Waals surface area (Å²) in [4.78, 5) is 31.4. The summed E-state index contributed by atoms with van der Waals surface area (Å²) in [6.07, 6.45) is 0. The van der Waals surface area contributed by atoms with Crippen molar-refractivity contribution < 1.29 is 9.53 Å². The van der Waals surface area contributed by atoms with Crippen LogP contribution in [0.1, 0.15) is 32.3 Å². The molecule has 4 heterocycles. The standard InChI is InChI=1S/C22H17ClN4O3S2/c1-12-11-31-22-24-16(7-19(28)27(12)22)10-30-21(29)18-8-17-13(2)25-26(20(17)32-18)9-14-3-5-15(23)6-4-14/h3-8,11H,9-10H2,1-2H3. The Bertz CT molecular complexity index is 1530. The normalized spacial score (nSPS) is 11.5. The summed E-state index contributed by atoms with van der Waals surface area (Å²) in [5.41, 5.74) is 2.99. The van der Waals surface area contributed by atoms with Gasteiger partial charge >= 0.3 is 5.97 Å². The molecule has 32 heavy (non-hydrogen) atoms. The fraction of sp³-hybridized carbons (Fsp3) is 0.182. The summed E-state index contributed by atoms with van der Waals surface area (Å²) in [5.74, 6) is -0.451. The van der Waals surface area contributed by atoms with Gasteiger partial charge in [-0.3, -0.25) is 13.9 Å². The number of fused-ring (bicyclic) bond motifs is 2. The van der Waals surface area contributed by atoms with E-state index in [2.05, 4.69) is 10.1 Å². The summed E-state index contributed by atoms with van der Waals surface area (Å²) >= 11 is 8.68. The van der Waals surface area contributed by atoms with Crippen LogP contribution in [0.4, 0.5) is 0 Å². The molecular formula is C22H17ClN4O3S2. The van der Waals surface area contributed by atoms with Gasteiger partial charge in [0, 0.05) is 27.5 Å². The first-order valence-corrected chi connectivity index (χ1v) is 11.8. The number of hydrogen-bond acceptors (Lipinski definition) is 7. The van der Waals surface area contributed by atoms with Crippen LogP contribution < -0.4 is 5.56 Å². The van der Waals surface area contributed by atoms with Crippen molar-refractivity contribution in [2.75, 3.05) is 0 Å². The molecule has 0 radical (unpaired) electrons. The predicted octanol–water partition coefficient (Wildman–Crippen LogP) is 4.84. The molecule has 10 heteroatoms. The Morgan fingerprint density at radius 2 is 1.97 bits per heavy atom. The highest BCUT2D eigenvalue weighted by atomic mass is 35.5. The quantitative estimate of drug-likeness (QED) is 0.333. The predicted molar refractivity (Wildman–Crippen MR) is 126 cm³/mol. The second kappa shape index (κ2) is 8.16. The van der Waals surface area contributed by atoms with Gasteiger partial charge in [-0.25, -0.2) is 9.78 Å². The van der Waals surface area contributed by atoms with Gasteiger partial charge in [-0.15, -0.1) is 22.7 Å². The van der Waals surface area contributed by atoms with Crippen LogP contribution in [0.25, 0.3) is 15.2 Å². The number of thiazole rings is 1. The largest absolute Gasteiger partial charge is 0.455 e. The van der Waals surface area contributed by atoms with E-state index >= 15 is 0 Å². The number of halogens is 1. The SMILES string of the molecule is Cc1nn(Cc2ccc(Cl)cc2)c2sc(C(=O)OCc3cc(=O)n4c(C)csc4n3)cc12. The van der Waals surface area contributed by atoms with Crippen molar-refractivity contribution in [3.8, 4) is 0 Å². The average molecular weight is 485 g/mol. The lowest BCUT2D eigenvalue weighted by Crippen LogP contribution is -2.16. The topological polar surface area (TPSA) is 78.5 Å². The van der Waals surface area contributed by atoms with Gasteiger partial charge < -0.3 is 4.74 Å². The van der Waals surface area contributed by atoms with Crippen LogP contribution in [0.3, 0.4) is 0 Å². The Morgan fingerprint density at radius 3 is 2.75 bits per heavy atom. The van der Waals surface area contributed by atoms with Gasteiger partial charge in [0.1, 0.15) is 16.3 Å². The Hall–Kier alpha value is -3.01. The number of hydrogen-bond donors (Lipinski definition) is 0. The molecule has 7 nitrogen and oxygen atoms in total. The summed E-state index contributed by atoms with van der Waals surface area (Å²) in [6.45, 7) is 4.28. The van der Waals surface area contributed by atoms with Gasteiger partial charge in [0.2, 0.25) is 0 Å². The molecule has 0 spiro atoms. The van der Waals surface area contributed by atoms with Crippen molar-refractivity contribution in [3.63, 3.8) is 0 Å². The monoisotopic (exact) mass is 484 g/mol. The van der Waals surface area contributed by atoms with E-state index in [1.54, 1.807) is 6.07 Å². The molecule has 0 unspecified atom stereocenters. The third-order valence-electron chi connectivity index (χ3n) is 5.03. The third kappa shape index (κ3) is 3.83. The highest BCUT2D eigenvalue weighted by Gasteiger charge is 2.18. The molecule has 0 saturated carbocycles. The second-order valence-corrected chi connectivity index (χ2v) is 9.66. The van der Waals surface area contributed by atoms with Crippen molar-refractivity contribution in [2.45, 2.75) is 27.0 Å². The first-order valence-electron chi connectivity index (χ1n) is 9.74. The minimum absolute atomic E-state index is 0.0638. The summed E-state index contributed by atoms with van der Waals surface area (Å²) < 4.78 is 8.87. The van der Waals surface area contributed by atoms with E-state index in [0.717, 1.165) is 27.2 Å². The fourth-order valence-electron chi connectivity index (χ4n) is 3.47. The Balaban J connectivity index is 1.36. The van der Waals surface area contributed by atoms with E-state index in [4.69, 9.17) is 16.3 Å². The Morgan fingerprint density at radius 1 is 1.19 bits per heavy atom. The number of carbonyl (C=O) groups excluding carboxylic acids is 1. The molecule has 4 aromatic heterocycles. The number of rotatable bonds is 5. The molecule has 0 fully saturated rings. The maximum Gasteiger partial charge on any atom is 0.348 e. The van der Waals surface area contributed by atoms with Gasteiger partial charge in [-0.1, -0.05) is 23.7 Å². The lowest BCUT2D eigenvalue weighted by Gasteiger charge is -2.04. The molecule has 0 bridgehead atoms. The van der Waals surface area contributed by atoms with Crippen LogP contribution >= 0.6 is 34.3 Å². The van der Waals surface area contributed by atoms with Crippen LogP contribution in [0, 0.1) is 13.8 Å². The molecule has 1 aromatic carbocycles. The van der Waals surface area contributed by atoms with Crippen LogP contribution in [0.2, 0.25) is 5.02 Å². The van der Waals surface area contributed by atoms with Gasteiger partial charge in [-0.05, 0) is 37.6 Å². The van der Waals surface area contributed by atoms with E-state index < -0.39 is 5.97 Å². The molecule has 0 aliphatic heterocycles. The number of thiophene rings is 1. The molecule has 5 rings (SSSR count). The molecule has 0 N–H and O–H groups in total. The van der Waals surface area contributed by atoms with E-state index in [1.807, 2.05) is 48.2 Å². The number of carbonyl (C=O) groups is 1. The van der Waals surface area contributed by atoms with Gasteiger partial charge in [0.15, 0.2) is 4.96 Å². The first kappa shape index (κ1) is 20.9. The molecule has 5 aromatic rings. The van der Waals surface area contributed by atoms with Crippen LogP contribution in [0.5, 0.6) is 0 Å². The van der Waals surface area contributed by atoms with E-state index in [9.17, 15) is 9.59 Å². The van der Waals surface area contributed by atoms with Crippen molar-refractivity contribution in [3.05, 3.63) is 84.7 Å². The number of ether oxygens (including phenoxy) is 1. The number of esters is 1. The third-order valence-corrected chi connectivity index (χ3v) is 7.36. The van der Waals surface area contributed by atoms with Crippen molar-refractivity contribution in [1.82, 2.24) is 19.2 Å². The zero-order valence-electron chi connectivity index (χ0n) is 17.2. The van der Waals surface area contributed by atoms with E-state index in [0.29, 0.717) is 27.1 Å². The second-order valence-electron chi connectivity index (χ2n) is 7.36. The van der Waals surface area contributed by atoms with Crippen LogP contribution in [-0.2, 0) is 17.9 Å². The fourth-order valence-corrected chi connectivity index (χ4v) is 5.54. The Kier molecular flexibility index (Phi) is 5.32. The number of aromatic nitrogens is 4. The zero-order valence-corrected chi connectivity index (χ0v) is 19.6. The van der Waals surface area contributed by atoms with Gasteiger partial charge in [0.25, 0.3) is 5.56 Å². The van der Waals surface area contributed by atoms with E-state index in [1.165, 1.54) is 33.1 Å². The smallest absolute Gasteiger partial charge is 0.348 e. The molecule has 0 aliphatic rings. The number of benzene rings is 1. The Labute approximate surface area is 195 Å². The minimum Gasteiger partial charge on any atom is -0.455 e. The van der Waals surface area contributed by atoms with Crippen molar-refractivity contribution in [1.29, 1.82) is 0 Å². The van der Waals surface area contributed by atoms with Crippen molar-refractivity contribution in [2.24, 2.45) is 0 Å². The molecule has 0 saturated heterocycles. The summed E-state index contributed by atoms with van der Waals surface area (Å²) in [6, 6.07) is 10.8. The van der Waals surface area contributed by atoms with Gasteiger partial charge in [-0.2, -0.15) is 5.10 Å². The summed E-state index contributed by atoms with van der Waals surface area (Å²) in [7, 11) is 0. The number of aryl methyl sites for hydroxylation is 2. The number of nitrogens with zero attached hydrogens (tertiary/aromatic N) is 4. The highest BCUT2D eigenvalue weighted by Crippen LogP contribution is 2.29.